The van der Waals surface area contributed by atoms with E-state index in [1.807, 2.05) is 59.5 Å². The molecule has 6 heteroatoms. The summed E-state index contributed by atoms with van der Waals surface area (Å²) in [5.74, 6) is 0.182. The lowest BCUT2D eigenvalue weighted by atomic mass is 10.1. The summed E-state index contributed by atoms with van der Waals surface area (Å²) in [6, 6.07) is 17.7. The van der Waals surface area contributed by atoms with E-state index < -0.39 is 0 Å². The van der Waals surface area contributed by atoms with Crippen molar-refractivity contribution >= 4 is 17.6 Å². The Balaban J connectivity index is 1.31. The van der Waals surface area contributed by atoms with Gasteiger partial charge in [0.05, 0.1) is 13.2 Å². The first-order valence-electron chi connectivity index (χ1n) is 9.79. The van der Waals surface area contributed by atoms with Gasteiger partial charge >= 0.3 is 6.03 Å². The van der Waals surface area contributed by atoms with Crippen LogP contribution < -0.4 is 10.2 Å². The number of benzene rings is 2. The van der Waals surface area contributed by atoms with Gasteiger partial charge in [0.25, 0.3) is 0 Å². The van der Waals surface area contributed by atoms with Crippen molar-refractivity contribution in [3.63, 3.8) is 0 Å². The number of nitrogens with zero attached hydrogens (tertiary/aromatic N) is 2. The van der Waals surface area contributed by atoms with Gasteiger partial charge in [-0.2, -0.15) is 0 Å². The Kier molecular flexibility index (Phi) is 5.58. The number of carbonyl (C=O) groups is 2. The van der Waals surface area contributed by atoms with Crippen LogP contribution in [0.4, 0.5) is 10.5 Å². The zero-order valence-electron chi connectivity index (χ0n) is 15.8. The first kappa shape index (κ1) is 18.5. The summed E-state index contributed by atoms with van der Waals surface area (Å²) in [6.07, 6.45) is 1.46. The Labute approximate surface area is 165 Å². The van der Waals surface area contributed by atoms with Crippen LogP contribution in [0.1, 0.15) is 30.1 Å². The van der Waals surface area contributed by atoms with Crippen molar-refractivity contribution in [1.82, 2.24) is 10.2 Å². The van der Waals surface area contributed by atoms with Crippen molar-refractivity contribution < 1.29 is 14.3 Å². The summed E-state index contributed by atoms with van der Waals surface area (Å²) in [5, 5.41) is 2.99. The topological polar surface area (TPSA) is 61.9 Å². The third-order valence-electron chi connectivity index (χ3n) is 5.29. The van der Waals surface area contributed by atoms with E-state index in [0.29, 0.717) is 32.7 Å². The summed E-state index contributed by atoms with van der Waals surface area (Å²) in [7, 11) is 0. The van der Waals surface area contributed by atoms with Crippen LogP contribution in [0.3, 0.4) is 0 Å². The number of hydrogen-bond donors (Lipinski definition) is 1. The first-order valence-corrected chi connectivity index (χ1v) is 9.79. The molecular weight excluding hydrogens is 354 g/mol. The number of anilines is 1. The number of urea groups is 1. The molecule has 2 fully saturated rings. The molecule has 0 bridgehead atoms. The second-order valence-corrected chi connectivity index (χ2v) is 7.19. The molecule has 3 amide bonds. The van der Waals surface area contributed by atoms with Crippen LogP contribution in [0, 0.1) is 0 Å². The highest BCUT2D eigenvalue weighted by atomic mass is 16.5. The van der Waals surface area contributed by atoms with Crippen LogP contribution in [0.25, 0.3) is 0 Å². The van der Waals surface area contributed by atoms with Gasteiger partial charge in [0.2, 0.25) is 5.91 Å². The molecule has 2 aliphatic heterocycles. The normalized spacial score (nSPS) is 19.7. The van der Waals surface area contributed by atoms with Gasteiger partial charge in [-0.05, 0) is 29.7 Å². The molecule has 2 heterocycles. The molecule has 2 aromatic carbocycles. The molecule has 0 aromatic heterocycles. The Hall–Kier alpha value is -2.86. The predicted molar refractivity (Wildman–Crippen MR) is 107 cm³/mol. The van der Waals surface area contributed by atoms with Gasteiger partial charge in [-0.3, -0.25) is 4.79 Å². The summed E-state index contributed by atoms with van der Waals surface area (Å²) >= 11 is 0. The molecule has 2 aliphatic rings. The van der Waals surface area contributed by atoms with Crippen molar-refractivity contribution in [2.24, 2.45) is 0 Å². The number of ether oxygens (including phenoxy) is 1. The minimum absolute atomic E-state index is 0.0805. The van der Waals surface area contributed by atoms with Crippen molar-refractivity contribution in [3.8, 4) is 0 Å². The Bertz CT molecular complexity index is 823. The number of carbonyl (C=O) groups excluding carboxylic acids is 2. The van der Waals surface area contributed by atoms with Gasteiger partial charge in [-0.1, -0.05) is 42.5 Å². The van der Waals surface area contributed by atoms with E-state index in [-0.39, 0.29) is 18.0 Å². The van der Waals surface area contributed by atoms with Gasteiger partial charge in [-0.25, -0.2) is 4.79 Å². The zero-order chi connectivity index (χ0) is 19.3. The fourth-order valence-electron chi connectivity index (χ4n) is 3.71. The van der Waals surface area contributed by atoms with Gasteiger partial charge < -0.3 is 19.9 Å². The summed E-state index contributed by atoms with van der Waals surface area (Å²) in [6.45, 7) is 2.91. The van der Waals surface area contributed by atoms with Crippen LogP contribution in [0.5, 0.6) is 0 Å². The van der Waals surface area contributed by atoms with E-state index in [0.717, 1.165) is 29.8 Å². The predicted octanol–water partition coefficient (Wildman–Crippen LogP) is 3.10. The molecular formula is C22H25N3O3. The van der Waals surface area contributed by atoms with Gasteiger partial charge in [-0.15, -0.1) is 0 Å². The van der Waals surface area contributed by atoms with E-state index in [2.05, 4.69) is 5.32 Å². The molecule has 2 saturated heterocycles. The highest BCUT2D eigenvalue weighted by Gasteiger charge is 2.25. The fourth-order valence-corrected chi connectivity index (χ4v) is 3.71. The number of amides is 3. The smallest absolute Gasteiger partial charge is 0.317 e. The molecule has 0 aliphatic carbocycles. The molecule has 146 valence electrons. The lowest BCUT2D eigenvalue weighted by Gasteiger charge is -2.33. The standard InChI is InChI=1S/C22H25N3O3/c26-21-7-4-12-25(21)19-10-8-17(9-11-19)15-23-22(27)24-13-14-28-20(16-24)18-5-2-1-3-6-18/h1-3,5-6,8-11,20H,4,7,12-16H2,(H,23,27). The average Bonchev–Trinajstić information content (AvgIpc) is 3.19. The lowest BCUT2D eigenvalue weighted by Crippen LogP contribution is -2.46. The van der Waals surface area contributed by atoms with Crippen molar-refractivity contribution in [1.29, 1.82) is 0 Å². The van der Waals surface area contributed by atoms with Crippen LogP contribution in [0.15, 0.2) is 54.6 Å². The van der Waals surface area contributed by atoms with Crippen molar-refractivity contribution in [2.45, 2.75) is 25.5 Å². The highest BCUT2D eigenvalue weighted by molar-refractivity contribution is 5.95. The number of rotatable bonds is 4. The van der Waals surface area contributed by atoms with Crippen LogP contribution >= 0.6 is 0 Å². The summed E-state index contributed by atoms with van der Waals surface area (Å²) < 4.78 is 5.82. The summed E-state index contributed by atoms with van der Waals surface area (Å²) in [5.41, 5.74) is 3.03. The molecule has 0 spiro atoms. The third-order valence-corrected chi connectivity index (χ3v) is 5.29. The molecule has 0 radical (unpaired) electrons. The van der Waals surface area contributed by atoms with E-state index in [1.165, 1.54) is 0 Å². The maximum atomic E-state index is 12.6. The zero-order valence-corrected chi connectivity index (χ0v) is 15.8. The van der Waals surface area contributed by atoms with Crippen molar-refractivity contribution in [3.05, 3.63) is 65.7 Å². The monoisotopic (exact) mass is 379 g/mol. The molecule has 2 aromatic rings. The quantitative estimate of drug-likeness (QED) is 0.888. The molecule has 0 saturated carbocycles. The molecule has 4 rings (SSSR count). The number of nitrogens with one attached hydrogen (secondary N) is 1. The van der Waals surface area contributed by atoms with Gasteiger partial charge in [0, 0.05) is 31.7 Å². The molecule has 1 unspecified atom stereocenters. The average molecular weight is 379 g/mol. The van der Waals surface area contributed by atoms with E-state index in [4.69, 9.17) is 4.74 Å². The molecule has 6 nitrogen and oxygen atoms in total. The number of morpholine rings is 1. The second kappa shape index (κ2) is 8.44. The Morgan fingerprint density at radius 2 is 1.86 bits per heavy atom. The van der Waals surface area contributed by atoms with E-state index >= 15 is 0 Å². The van der Waals surface area contributed by atoms with Crippen molar-refractivity contribution in [2.75, 3.05) is 31.1 Å². The Morgan fingerprint density at radius 1 is 1.07 bits per heavy atom. The highest BCUT2D eigenvalue weighted by Crippen LogP contribution is 2.23. The van der Waals surface area contributed by atoms with Crippen LogP contribution in [0.2, 0.25) is 0 Å². The molecule has 28 heavy (non-hydrogen) atoms. The minimum atomic E-state index is -0.0852. The van der Waals surface area contributed by atoms with Gasteiger partial charge in [0.15, 0.2) is 0 Å². The number of hydrogen-bond acceptors (Lipinski definition) is 3. The summed E-state index contributed by atoms with van der Waals surface area (Å²) in [4.78, 5) is 28.0. The molecule has 1 N–H and O–H groups in total. The largest absolute Gasteiger partial charge is 0.370 e. The van der Waals surface area contributed by atoms with E-state index in [1.54, 1.807) is 4.90 Å². The SMILES string of the molecule is O=C(NCc1ccc(N2CCCC2=O)cc1)N1CCOC(c2ccccc2)C1. The van der Waals surface area contributed by atoms with Gasteiger partial charge in [0.1, 0.15) is 6.10 Å². The van der Waals surface area contributed by atoms with Crippen LogP contribution in [-0.2, 0) is 16.1 Å². The Morgan fingerprint density at radius 3 is 2.57 bits per heavy atom. The molecule has 1 atom stereocenters. The maximum Gasteiger partial charge on any atom is 0.317 e. The minimum Gasteiger partial charge on any atom is -0.370 e. The second-order valence-electron chi connectivity index (χ2n) is 7.19. The first-order chi connectivity index (χ1) is 13.7. The lowest BCUT2D eigenvalue weighted by molar-refractivity contribution is -0.117. The van der Waals surface area contributed by atoms with E-state index in [9.17, 15) is 9.59 Å². The maximum absolute atomic E-state index is 12.6. The van der Waals surface area contributed by atoms with Crippen LogP contribution in [-0.4, -0.2) is 43.1 Å². The third kappa shape index (κ3) is 4.17. The fraction of sp³-hybridized carbons (Fsp3) is 0.364.